The van der Waals surface area contributed by atoms with Crippen molar-refractivity contribution < 1.29 is 18.0 Å². The fourth-order valence-corrected chi connectivity index (χ4v) is 3.47. The first-order valence-corrected chi connectivity index (χ1v) is 10.5. The average Bonchev–Trinajstić information content (AvgIpc) is 2.82. The SMILES string of the molecule is Cc1ccc(-c2cc(NCCc3cccc4c(C(=O)NCC(F)(F)F)ccnc34)ncn2)cn1. The third-order valence-electron chi connectivity index (χ3n) is 5.12. The molecule has 0 atom stereocenters. The van der Waals surface area contributed by atoms with Crippen LogP contribution in [0.3, 0.4) is 0 Å². The van der Waals surface area contributed by atoms with Gasteiger partial charge in [-0.05, 0) is 37.1 Å². The van der Waals surface area contributed by atoms with Gasteiger partial charge in [-0.3, -0.25) is 14.8 Å². The Morgan fingerprint density at radius 3 is 2.65 bits per heavy atom. The Morgan fingerprint density at radius 1 is 1.03 bits per heavy atom. The number of aryl methyl sites for hydroxylation is 1. The predicted molar refractivity (Wildman–Crippen MR) is 122 cm³/mol. The number of hydrogen-bond acceptors (Lipinski definition) is 6. The molecule has 0 unspecified atom stereocenters. The van der Waals surface area contributed by atoms with Crippen LogP contribution in [0.1, 0.15) is 21.6 Å². The van der Waals surface area contributed by atoms with Gasteiger partial charge in [0.15, 0.2) is 0 Å². The van der Waals surface area contributed by atoms with Crippen molar-refractivity contribution in [2.75, 3.05) is 18.4 Å². The van der Waals surface area contributed by atoms with Crippen LogP contribution in [0.15, 0.2) is 61.2 Å². The molecule has 10 heteroatoms. The van der Waals surface area contributed by atoms with Crippen molar-refractivity contribution in [1.29, 1.82) is 0 Å². The summed E-state index contributed by atoms with van der Waals surface area (Å²) in [6.07, 6.45) is 0.734. The summed E-state index contributed by atoms with van der Waals surface area (Å²) in [7, 11) is 0. The molecule has 1 amide bonds. The topological polar surface area (TPSA) is 92.7 Å². The number of nitrogens with zero attached hydrogens (tertiary/aromatic N) is 4. The smallest absolute Gasteiger partial charge is 0.370 e. The normalized spacial score (nSPS) is 11.4. The molecular weight excluding hydrogens is 445 g/mol. The zero-order valence-corrected chi connectivity index (χ0v) is 18.2. The highest BCUT2D eigenvalue weighted by atomic mass is 19.4. The average molecular weight is 466 g/mol. The largest absolute Gasteiger partial charge is 0.405 e. The molecule has 4 aromatic rings. The summed E-state index contributed by atoms with van der Waals surface area (Å²) in [6.45, 7) is 1.05. The van der Waals surface area contributed by atoms with Gasteiger partial charge in [-0.15, -0.1) is 0 Å². The van der Waals surface area contributed by atoms with Crippen molar-refractivity contribution in [1.82, 2.24) is 25.3 Å². The second-order valence-electron chi connectivity index (χ2n) is 7.62. The molecule has 34 heavy (non-hydrogen) atoms. The summed E-state index contributed by atoms with van der Waals surface area (Å²) >= 11 is 0. The highest BCUT2D eigenvalue weighted by molar-refractivity contribution is 6.06. The molecule has 1 aromatic carbocycles. The van der Waals surface area contributed by atoms with E-state index in [1.807, 2.05) is 36.5 Å². The van der Waals surface area contributed by atoms with Gasteiger partial charge >= 0.3 is 6.18 Å². The van der Waals surface area contributed by atoms with E-state index in [0.29, 0.717) is 29.7 Å². The van der Waals surface area contributed by atoms with Gasteiger partial charge in [-0.25, -0.2) is 9.97 Å². The van der Waals surface area contributed by atoms with E-state index in [4.69, 9.17) is 0 Å². The number of para-hydroxylation sites is 1. The lowest BCUT2D eigenvalue weighted by Crippen LogP contribution is -2.33. The Labute approximate surface area is 193 Å². The third-order valence-corrected chi connectivity index (χ3v) is 5.12. The number of benzene rings is 1. The molecule has 7 nitrogen and oxygen atoms in total. The number of alkyl halides is 3. The van der Waals surface area contributed by atoms with Gasteiger partial charge < -0.3 is 10.6 Å². The molecule has 0 aliphatic rings. The van der Waals surface area contributed by atoms with Crippen LogP contribution >= 0.6 is 0 Å². The number of anilines is 1. The minimum atomic E-state index is -4.48. The van der Waals surface area contributed by atoms with Crippen LogP contribution in [0.25, 0.3) is 22.2 Å². The first kappa shape index (κ1) is 23.1. The third kappa shape index (κ3) is 5.64. The molecule has 4 rings (SSSR count). The number of fused-ring (bicyclic) bond motifs is 1. The Morgan fingerprint density at radius 2 is 1.88 bits per heavy atom. The molecule has 0 bridgehead atoms. The molecule has 0 aliphatic carbocycles. The highest BCUT2D eigenvalue weighted by Gasteiger charge is 2.28. The highest BCUT2D eigenvalue weighted by Crippen LogP contribution is 2.22. The van der Waals surface area contributed by atoms with Gasteiger partial charge in [0, 0.05) is 41.6 Å². The van der Waals surface area contributed by atoms with Crippen molar-refractivity contribution in [2.45, 2.75) is 19.5 Å². The minimum absolute atomic E-state index is 0.149. The van der Waals surface area contributed by atoms with E-state index in [9.17, 15) is 18.0 Å². The number of amides is 1. The quantitative estimate of drug-likeness (QED) is 0.421. The van der Waals surface area contributed by atoms with Crippen LogP contribution in [-0.4, -0.2) is 45.1 Å². The van der Waals surface area contributed by atoms with E-state index in [2.05, 4.69) is 25.3 Å². The maximum Gasteiger partial charge on any atom is 0.405 e. The van der Waals surface area contributed by atoms with Crippen LogP contribution in [0.5, 0.6) is 0 Å². The van der Waals surface area contributed by atoms with Gasteiger partial charge in [0.2, 0.25) is 0 Å². The summed E-state index contributed by atoms with van der Waals surface area (Å²) in [6, 6.07) is 12.4. The summed E-state index contributed by atoms with van der Waals surface area (Å²) in [4.78, 5) is 29.5. The monoisotopic (exact) mass is 466 g/mol. The maximum absolute atomic E-state index is 12.5. The number of hydrogen-bond donors (Lipinski definition) is 2. The molecule has 3 heterocycles. The molecule has 174 valence electrons. The Hall–Kier alpha value is -4.08. The van der Waals surface area contributed by atoms with Crippen LogP contribution in [0.2, 0.25) is 0 Å². The summed E-state index contributed by atoms with van der Waals surface area (Å²) in [5.41, 5.74) is 4.11. The maximum atomic E-state index is 12.5. The number of halogens is 3. The molecule has 0 radical (unpaired) electrons. The van der Waals surface area contributed by atoms with Gasteiger partial charge in [0.25, 0.3) is 5.91 Å². The van der Waals surface area contributed by atoms with E-state index in [-0.39, 0.29) is 5.56 Å². The molecule has 0 saturated carbocycles. The number of aromatic nitrogens is 4. The second kappa shape index (κ2) is 9.82. The molecule has 3 aromatic heterocycles. The van der Waals surface area contributed by atoms with Crippen molar-refractivity contribution >= 4 is 22.6 Å². The molecule has 0 spiro atoms. The van der Waals surface area contributed by atoms with Crippen molar-refractivity contribution in [3.8, 4) is 11.3 Å². The van der Waals surface area contributed by atoms with Crippen LogP contribution in [0, 0.1) is 6.92 Å². The molecule has 0 aliphatic heterocycles. The standard InChI is InChI=1S/C24H21F3N6O/c1-15-5-6-17(12-30-15)20-11-21(33-14-32-20)28-9-7-16-3-2-4-18-19(8-10-29-22(16)18)23(34)31-13-24(25,26)27/h2-6,8,10-12,14H,7,9,13H2,1H3,(H,31,34)(H,28,32,33). The number of pyridine rings is 2. The summed E-state index contributed by atoms with van der Waals surface area (Å²) in [5.74, 6) is -0.148. The molecule has 2 N–H and O–H groups in total. The fraction of sp³-hybridized carbons (Fsp3) is 0.208. The van der Waals surface area contributed by atoms with Gasteiger partial charge in [0.05, 0.1) is 16.8 Å². The Kier molecular flexibility index (Phi) is 6.67. The Bertz CT molecular complexity index is 1310. The number of nitrogens with one attached hydrogen (secondary N) is 2. The minimum Gasteiger partial charge on any atom is -0.370 e. The van der Waals surface area contributed by atoms with Crippen molar-refractivity contribution in [2.24, 2.45) is 0 Å². The second-order valence-corrected chi connectivity index (χ2v) is 7.62. The zero-order chi connectivity index (χ0) is 24.1. The Balaban J connectivity index is 1.47. The lowest BCUT2D eigenvalue weighted by Gasteiger charge is -2.12. The van der Waals surface area contributed by atoms with Crippen molar-refractivity contribution in [3.05, 3.63) is 78.0 Å². The van der Waals surface area contributed by atoms with Crippen LogP contribution < -0.4 is 10.6 Å². The van der Waals surface area contributed by atoms with E-state index >= 15 is 0 Å². The molecular formula is C24H21F3N6O. The number of carbonyl (C=O) groups excluding carboxylic acids is 1. The van der Waals surface area contributed by atoms with Gasteiger partial charge in [0.1, 0.15) is 18.7 Å². The van der Waals surface area contributed by atoms with E-state index in [0.717, 1.165) is 22.5 Å². The fourth-order valence-electron chi connectivity index (χ4n) is 3.47. The van der Waals surface area contributed by atoms with Crippen molar-refractivity contribution in [3.63, 3.8) is 0 Å². The first-order valence-electron chi connectivity index (χ1n) is 10.5. The number of carbonyl (C=O) groups is 1. The summed E-state index contributed by atoms with van der Waals surface area (Å²) < 4.78 is 37.4. The zero-order valence-electron chi connectivity index (χ0n) is 18.2. The number of rotatable bonds is 7. The first-order chi connectivity index (χ1) is 16.3. The van der Waals surface area contributed by atoms with Crippen LogP contribution in [-0.2, 0) is 6.42 Å². The lowest BCUT2D eigenvalue weighted by molar-refractivity contribution is -0.123. The van der Waals surface area contributed by atoms with Crippen LogP contribution in [0.4, 0.5) is 19.0 Å². The van der Waals surface area contributed by atoms with E-state index < -0.39 is 18.6 Å². The van der Waals surface area contributed by atoms with Gasteiger partial charge in [-0.2, -0.15) is 13.2 Å². The lowest BCUT2D eigenvalue weighted by atomic mass is 10.0. The molecule has 0 saturated heterocycles. The predicted octanol–water partition coefficient (Wildman–Crippen LogP) is 4.34. The van der Waals surface area contributed by atoms with E-state index in [1.165, 1.54) is 18.6 Å². The summed E-state index contributed by atoms with van der Waals surface area (Å²) in [5, 5.41) is 5.66. The molecule has 0 fully saturated rings. The van der Waals surface area contributed by atoms with E-state index in [1.54, 1.807) is 18.3 Å². The van der Waals surface area contributed by atoms with Gasteiger partial charge in [-0.1, -0.05) is 18.2 Å².